The van der Waals surface area contributed by atoms with Crippen molar-refractivity contribution in [1.82, 2.24) is 0 Å². The number of aryl methyl sites for hydroxylation is 1. The van der Waals surface area contributed by atoms with Gasteiger partial charge in [-0.05, 0) is 41.1 Å². The molecule has 1 unspecified atom stereocenters. The number of hydrogen-bond donors (Lipinski definition) is 1. The first-order valence-corrected chi connectivity index (χ1v) is 6.17. The molecule has 0 saturated heterocycles. The van der Waals surface area contributed by atoms with E-state index in [1.54, 1.807) is 12.1 Å². The zero-order chi connectivity index (χ0) is 13.3. The Hall–Kier alpha value is -1.33. The number of furan rings is 1. The molecule has 96 valence electrons. The van der Waals surface area contributed by atoms with Crippen LogP contribution in [0.2, 0.25) is 0 Å². The Morgan fingerprint density at radius 2 is 2.11 bits per heavy atom. The minimum Gasteiger partial charge on any atom is -0.496 e. The molecule has 0 radical (unpaired) electrons. The summed E-state index contributed by atoms with van der Waals surface area (Å²) >= 11 is 3.14. The summed E-state index contributed by atoms with van der Waals surface area (Å²) in [5.41, 5.74) is 6.77. The van der Waals surface area contributed by atoms with Gasteiger partial charge >= 0.3 is 0 Å². The van der Waals surface area contributed by atoms with Crippen molar-refractivity contribution in [1.29, 1.82) is 0 Å². The summed E-state index contributed by atoms with van der Waals surface area (Å²) in [5, 5.41) is 0. The minimum absolute atomic E-state index is 0.344. The Kier molecular flexibility index (Phi) is 3.73. The summed E-state index contributed by atoms with van der Waals surface area (Å²) in [4.78, 5) is 0. The third-order valence-electron chi connectivity index (χ3n) is 2.68. The lowest BCUT2D eigenvalue weighted by Gasteiger charge is -2.14. The fourth-order valence-electron chi connectivity index (χ4n) is 1.74. The van der Waals surface area contributed by atoms with Crippen molar-refractivity contribution in [2.45, 2.75) is 13.0 Å². The average molecular weight is 314 g/mol. The lowest BCUT2D eigenvalue weighted by molar-refractivity contribution is 0.397. The standard InChI is InChI=1S/C13H13BrFNO2/c1-7-3-4-11(18-7)13(16)8-5-9(14)10(15)6-12(8)17-2/h3-6,13H,16H2,1-2H3. The lowest BCUT2D eigenvalue weighted by Crippen LogP contribution is -2.12. The van der Waals surface area contributed by atoms with Gasteiger partial charge in [0.15, 0.2) is 0 Å². The van der Waals surface area contributed by atoms with E-state index in [-0.39, 0.29) is 0 Å². The van der Waals surface area contributed by atoms with Gasteiger partial charge in [-0.1, -0.05) is 0 Å². The SMILES string of the molecule is COc1cc(F)c(Br)cc1C(N)c1ccc(C)o1. The summed E-state index contributed by atoms with van der Waals surface area (Å²) in [6.45, 7) is 1.84. The van der Waals surface area contributed by atoms with Crippen LogP contribution in [0, 0.1) is 12.7 Å². The van der Waals surface area contributed by atoms with Gasteiger partial charge in [0, 0.05) is 11.6 Å². The number of hydrogen-bond acceptors (Lipinski definition) is 3. The Balaban J connectivity index is 2.46. The number of benzene rings is 1. The van der Waals surface area contributed by atoms with Gasteiger partial charge in [-0.2, -0.15) is 0 Å². The highest BCUT2D eigenvalue weighted by Gasteiger charge is 2.19. The van der Waals surface area contributed by atoms with E-state index in [1.807, 2.05) is 13.0 Å². The zero-order valence-corrected chi connectivity index (χ0v) is 11.6. The van der Waals surface area contributed by atoms with E-state index in [0.717, 1.165) is 5.76 Å². The van der Waals surface area contributed by atoms with Crippen molar-refractivity contribution in [2.24, 2.45) is 5.73 Å². The second kappa shape index (κ2) is 5.12. The quantitative estimate of drug-likeness (QED) is 0.942. The molecule has 0 aliphatic carbocycles. The molecule has 0 saturated carbocycles. The van der Waals surface area contributed by atoms with Crippen molar-refractivity contribution >= 4 is 15.9 Å². The third-order valence-corrected chi connectivity index (χ3v) is 3.28. The van der Waals surface area contributed by atoms with E-state index < -0.39 is 11.9 Å². The molecule has 0 fully saturated rings. The third kappa shape index (κ3) is 2.42. The van der Waals surface area contributed by atoms with Crippen molar-refractivity contribution in [3.05, 3.63) is 51.6 Å². The predicted molar refractivity (Wildman–Crippen MR) is 70.1 cm³/mol. The highest BCUT2D eigenvalue weighted by atomic mass is 79.9. The molecular formula is C13H13BrFNO2. The fourth-order valence-corrected chi connectivity index (χ4v) is 2.10. The smallest absolute Gasteiger partial charge is 0.141 e. The molecule has 2 rings (SSSR count). The van der Waals surface area contributed by atoms with E-state index in [1.165, 1.54) is 13.2 Å². The summed E-state index contributed by atoms with van der Waals surface area (Å²) in [6.07, 6.45) is 0. The van der Waals surface area contributed by atoms with Crippen LogP contribution in [0.3, 0.4) is 0 Å². The average Bonchev–Trinajstić information content (AvgIpc) is 2.78. The van der Waals surface area contributed by atoms with Gasteiger partial charge in [-0.3, -0.25) is 0 Å². The molecular weight excluding hydrogens is 301 g/mol. The topological polar surface area (TPSA) is 48.4 Å². The van der Waals surface area contributed by atoms with Crippen LogP contribution in [-0.4, -0.2) is 7.11 Å². The zero-order valence-electron chi connectivity index (χ0n) is 10.0. The molecule has 0 aliphatic rings. The Labute approximate surface area is 113 Å². The van der Waals surface area contributed by atoms with Crippen molar-refractivity contribution < 1.29 is 13.5 Å². The molecule has 2 N–H and O–H groups in total. The van der Waals surface area contributed by atoms with Gasteiger partial charge in [-0.25, -0.2) is 4.39 Å². The Morgan fingerprint density at radius 1 is 1.39 bits per heavy atom. The van der Waals surface area contributed by atoms with E-state index in [2.05, 4.69) is 15.9 Å². The summed E-state index contributed by atoms with van der Waals surface area (Å²) in [5.74, 6) is 1.40. The summed E-state index contributed by atoms with van der Waals surface area (Å²) < 4.78 is 24.4. The summed E-state index contributed by atoms with van der Waals surface area (Å²) in [6, 6.07) is 6.05. The number of ether oxygens (including phenoxy) is 1. The van der Waals surface area contributed by atoms with E-state index in [9.17, 15) is 4.39 Å². The first-order valence-electron chi connectivity index (χ1n) is 5.37. The number of nitrogens with two attached hydrogens (primary N) is 1. The lowest BCUT2D eigenvalue weighted by atomic mass is 10.0. The van der Waals surface area contributed by atoms with Gasteiger partial charge in [0.2, 0.25) is 0 Å². The largest absolute Gasteiger partial charge is 0.496 e. The van der Waals surface area contributed by atoms with Crippen LogP contribution in [0.5, 0.6) is 5.75 Å². The van der Waals surface area contributed by atoms with E-state index >= 15 is 0 Å². The van der Waals surface area contributed by atoms with Gasteiger partial charge in [0.05, 0.1) is 17.6 Å². The highest BCUT2D eigenvalue weighted by Crippen LogP contribution is 2.33. The fraction of sp³-hybridized carbons (Fsp3) is 0.231. The van der Waals surface area contributed by atoms with Crippen LogP contribution in [0.1, 0.15) is 23.1 Å². The molecule has 0 amide bonds. The molecule has 18 heavy (non-hydrogen) atoms. The van der Waals surface area contributed by atoms with Crippen molar-refractivity contribution in [3.63, 3.8) is 0 Å². The molecule has 0 bridgehead atoms. The monoisotopic (exact) mass is 313 g/mol. The van der Waals surface area contributed by atoms with Gasteiger partial charge in [-0.15, -0.1) is 0 Å². The number of rotatable bonds is 3. The Morgan fingerprint density at radius 3 is 2.67 bits per heavy atom. The molecule has 1 heterocycles. The van der Waals surface area contributed by atoms with Crippen LogP contribution in [-0.2, 0) is 0 Å². The number of methoxy groups -OCH3 is 1. The van der Waals surface area contributed by atoms with Crippen LogP contribution in [0.4, 0.5) is 4.39 Å². The second-order valence-electron chi connectivity index (χ2n) is 3.93. The summed E-state index contributed by atoms with van der Waals surface area (Å²) in [7, 11) is 1.48. The maximum Gasteiger partial charge on any atom is 0.141 e. The molecule has 3 nitrogen and oxygen atoms in total. The molecule has 2 aromatic rings. The van der Waals surface area contributed by atoms with Crippen molar-refractivity contribution in [2.75, 3.05) is 7.11 Å². The Bertz CT molecular complexity index is 568. The molecule has 0 aliphatic heterocycles. The normalized spacial score (nSPS) is 12.5. The molecule has 1 aromatic carbocycles. The molecule has 5 heteroatoms. The van der Waals surface area contributed by atoms with Crippen LogP contribution in [0.25, 0.3) is 0 Å². The first kappa shape index (κ1) is 13.1. The molecule has 0 spiro atoms. The number of halogens is 2. The van der Waals surface area contributed by atoms with Gasteiger partial charge in [0.25, 0.3) is 0 Å². The molecule has 1 atom stereocenters. The van der Waals surface area contributed by atoms with Crippen LogP contribution < -0.4 is 10.5 Å². The van der Waals surface area contributed by atoms with Gasteiger partial charge < -0.3 is 14.9 Å². The van der Waals surface area contributed by atoms with Crippen molar-refractivity contribution in [3.8, 4) is 5.75 Å². The minimum atomic E-state index is -0.495. The van der Waals surface area contributed by atoms with Crippen LogP contribution in [0.15, 0.2) is 33.2 Å². The first-order chi connectivity index (χ1) is 8.52. The van der Waals surface area contributed by atoms with Gasteiger partial charge in [0.1, 0.15) is 23.1 Å². The maximum absolute atomic E-state index is 13.4. The highest BCUT2D eigenvalue weighted by molar-refractivity contribution is 9.10. The predicted octanol–water partition coefficient (Wildman–Crippen LogP) is 3.55. The second-order valence-corrected chi connectivity index (χ2v) is 4.79. The van der Waals surface area contributed by atoms with Crippen LogP contribution >= 0.6 is 15.9 Å². The van der Waals surface area contributed by atoms with E-state index in [0.29, 0.717) is 21.5 Å². The molecule has 1 aromatic heterocycles. The van der Waals surface area contributed by atoms with E-state index in [4.69, 9.17) is 14.9 Å². The maximum atomic E-state index is 13.4.